The number of sulfonamides is 1. The minimum atomic E-state index is -3.88. The largest absolute Gasteiger partial charge is 0.268 e. The van der Waals surface area contributed by atoms with Crippen LogP contribution in [0.3, 0.4) is 0 Å². The SMILES string of the molecule is CS(=O)(=O)NC(=O)c1cc(Cl)c(-n2nc(-c3ccc(Cl)cc3)c3cc(Cl)ccc32)cc1F. The Morgan fingerprint density at radius 2 is 1.66 bits per heavy atom. The van der Waals surface area contributed by atoms with E-state index in [2.05, 4.69) is 5.10 Å². The molecule has 1 aromatic heterocycles. The standard InChI is InChI=1S/C21H13Cl3FN3O3S/c1-32(30,31)27-21(29)14-9-16(24)19(10-17(14)25)28-18-7-6-13(23)8-15(18)20(26-28)11-2-4-12(22)5-3-11/h2-10H,1H3,(H,27,29). The van der Waals surface area contributed by atoms with E-state index in [9.17, 15) is 17.6 Å². The molecule has 164 valence electrons. The lowest BCUT2D eigenvalue weighted by molar-refractivity contribution is 0.0978. The van der Waals surface area contributed by atoms with Crippen molar-refractivity contribution in [3.63, 3.8) is 0 Å². The molecule has 0 aliphatic rings. The van der Waals surface area contributed by atoms with Gasteiger partial charge in [-0.1, -0.05) is 46.9 Å². The Hall–Kier alpha value is -2.65. The molecule has 32 heavy (non-hydrogen) atoms. The highest BCUT2D eigenvalue weighted by Crippen LogP contribution is 2.34. The van der Waals surface area contributed by atoms with Crippen molar-refractivity contribution in [2.24, 2.45) is 0 Å². The molecule has 0 aliphatic carbocycles. The summed E-state index contributed by atoms with van der Waals surface area (Å²) in [4.78, 5) is 12.1. The van der Waals surface area contributed by atoms with Crippen LogP contribution in [0.15, 0.2) is 54.6 Å². The molecule has 6 nitrogen and oxygen atoms in total. The first kappa shape index (κ1) is 22.5. The highest BCUT2D eigenvalue weighted by Gasteiger charge is 2.21. The van der Waals surface area contributed by atoms with Gasteiger partial charge in [-0.15, -0.1) is 0 Å². The van der Waals surface area contributed by atoms with Crippen LogP contribution in [0, 0.1) is 5.82 Å². The average molecular weight is 513 g/mol. The van der Waals surface area contributed by atoms with E-state index in [4.69, 9.17) is 34.8 Å². The van der Waals surface area contributed by atoms with Crippen molar-refractivity contribution in [2.75, 3.05) is 6.26 Å². The lowest BCUT2D eigenvalue weighted by Gasteiger charge is -2.10. The van der Waals surface area contributed by atoms with E-state index in [0.29, 0.717) is 26.6 Å². The lowest BCUT2D eigenvalue weighted by atomic mass is 10.1. The number of aromatic nitrogens is 2. The second kappa shape index (κ2) is 8.37. The molecule has 1 N–H and O–H groups in total. The van der Waals surface area contributed by atoms with E-state index in [0.717, 1.165) is 24.0 Å². The van der Waals surface area contributed by atoms with Crippen LogP contribution in [0.25, 0.3) is 27.8 Å². The summed E-state index contributed by atoms with van der Waals surface area (Å²) in [5.41, 5.74) is 1.55. The maximum atomic E-state index is 14.8. The van der Waals surface area contributed by atoms with Crippen molar-refractivity contribution in [1.29, 1.82) is 0 Å². The van der Waals surface area contributed by atoms with Gasteiger partial charge in [-0.05, 0) is 36.4 Å². The maximum absolute atomic E-state index is 14.8. The van der Waals surface area contributed by atoms with Crippen LogP contribution >= 0.6 is 34.8 Å². The number of rotatable bonds is 4. The van der Waals surface area contributed by atoms with E-state index >= 15 is 0 Å². The number of carbonyl (C=O) groups excluding carboxylic acids is 1. The predicted octanol–water partition coefficient (Wildman–Crippen LogP) is 5.48. The van der Waals surface area contributed by atoms with Gasteiger partial charge in [0.15, 0.2) is 0 Å². The van der Waals surface area contributed by atoms with Crippen molar-refractivity contribution in [3.8, 4) is 16.9 Å². The Kier molecular flexibility index (Phi) is 5.89. The third-order valence-corrected chi connectivity index (χ3v) is 5.89. The molecule has 4 aromatic rings. The molecule has 0 atom stereocenters. The van der Waals surface area contributed by atoms with Crippen LogP contribution < -0.4 is 4.72 Å². The Morgan fingerprint density at radius 1 is 1.00 bits per heavy atom. The first-order valence-electron chi connectivity index (χ1n) is 8.99. The number of hydrogen-bond acceptors (Lipinski definition) is 4. The van der Waals surface area contributed by atoms with E-state index in [-0.39, 0.29) is 10.7 Å². The number of benzene rings is 3. The molecule has 11 heteroatoms. The van der Waals surface area contributed by atoms with Crippen molar-refractivity contribution in [2.45, 2.75) is 0 Å². The summed E-state index contributed by atoms with van der Waals surface area (Å²) in [7, 11) is -3.88. The smallest absolute Gasteiger partial charge is 0.267 e. The highest BCUT2D eigenvalue weighted by atomic mass is 35.5. The van der Waals surface area contributed by atoms with Gasteiger partial charge in [0.25, 0.3) is 5.91 Å². The molecule has 4 rings (SSSR count). The molecular formula is C21H13Cl3FN3O3S. The van der Waals surface area contributed by atoms with Crippen LogP contribution in [0.2, 0.25) is 15.1 Å². The lowest BCUT2D eigenvalue weighted by Crippen LogP contribution is -2.30. The summed E-state index contributed by atoms with van der Waals surface area (Å²) in [6.45, 7) is 0. The number of carbonyl (C=O) groups is 1. The van der Waals surface area contributed by atoms with Crippen LogP contribution in [0.5, 0.6) is 0 Å². The Bertz CT molecular complexity index is 1490. The predicted molar refractivity (Wildman–Crippen MR) is 124 cm³/mol. The zero-order valence-electron chi connectivity index (χ0n) is 16.2. The maximum Gasteiger partial charge on any atom is 0.267 e. The third-order valence-electron chi connectivity index (χ3n) is 4.55. The normalized spacial score (nSPS) is 11.7. The first-order valence-corrected chi connectivity index (χ1v) is 12.0. The van der Waals surface area contributed by atoms with Gasteiger partial charge in [-0.2, -0.15) is 5.10 Å². The fourth-order valence-corrected chi connectivity index (χ4v) is 4.18. The summed E-state index contributed by atoms with van der Waals surface area (Å²) < 4.78 is 40.6. The number of fused-ring (bicyclic) bond motifs is 1. The van der Waals surface area contributed by atoms with Gasteiger partial charge in [-0.25, -0.2) is 22.2 Å². The van der Waals surface area contributed by atoms with Crippen LogP contribution in [-0.2, 0) is 10.0 Å². The molecule has 3 aromatic carbocycles. The minimum Gasteiger partial charge on any atom is -0.268 e. The molecule has 0 unspecified atom stereocenters. The number of nitrogens with zero attached hydrogens (tertiary/aromatic N) is 2. The van der Waals surface area contributed by atoms with Crippen molar-refractivity contribution < 1.29 is 17.6 Å². The first-order chi connectivity index (χ1) is 15.0. The van der Waals surface area contributed by atoms with Gasteiger partial charge in [0.2, 0.25) is 10.0 Å². The van der Waals surface area contributed by atoms with Gasteiger partial charge in [0.05, 0.1) is 28.0 Å². The van der Waals surface area contributed by atoms with Gasteiger partial charge in [-0.3, -0.25) is 4.79 Å². The van der Waals surface area contributed by atoms with Gasteiger partial charge >= 0.3 is 0 Å². The zero-order valence-corrected chi connectivity index (χ0v) is 19.3. The molecule has 0 spiro atoms. The molecular weight excluding hydrogens is 500 g/mol. The van der Waals surface area contributed by atoms with E-state index in [1.807, 2.05) is 0 Å². The zero-order chi connectivity index (χ0) is 23.2. The third kappa shape index (κ3) is 4.45. The van der Waals surface area contributed by atoms with Crippen LogP contribution in [0.1, 0.15) is 10.4 Å². The van der Waals surface area contributed by atoms with Gasteiger partial charge in [0, 0.05) is 27.1 Å². The van der Waals surface area contributed by atoms with E-state index in [1.54, 1.807) is 47.2 Å². The number of halogens is 4. The number of nitrogens with one attached hydrogen (secondary N) is 1. The minimum absolute atomic E-state index is 0.00735. The summed E-state index contributed by atoms with van der Waals surface area (Å²) in [5.74, 6) is -2.09. The van der Waals surface area contributed by atoms with Crippen molar-refractivity contribution in [1.82, 2.24) is 14.5 Å². The summed E-state index contributed by atoms with van der Waals surface area (Å²) in [6, 6.07) is 14.2. The second-order valence-electron chi connectivity index (χ2n) is 6.92. The molecule has 1 heterocycles. The topological polar surface area (TPSA) is 81.1 Å². The van der Waals surface area contributed by atoms with Crippen LogP contribution in [-0.4, -0.2) is 30.4 Å². The number of amides is 1. The monoisotopic (exact) mass is 511 g/mol. The van der Waals surface area contributed by atoms with Gasteiger partial charge < -0.3 is 0 Å². The molecule has 0 saturated heterocycles. The molecule has 1 amide bonds. The fraction of sp³-hybridized carbons (Fsp3) is 0.0476. The summed E-state index contributed by atoms with van der Waals surface area (Å²) >= 11 is 18.5. The van der Waals surface area contributed by atoms with Crippen molar-refractivity contribution in [3.05, 3.63) is 81.0 Å². The average Bonchev–Trinajstić information content (AvgIpc) is 3.07. The molecule has 0 fully saturated rings. The van der Waals surface area contributed by atoms with Crippen LogP contribution in [0.4, 0.5) is 4.39 Å². The molecule has 0 bridgehead atoms. The summed E-state index contributed by atoms with van der Waals surface area (Å²) in [6.07, 6.45) is 0.790. The fourth-order valence-electron chi connectivity index (χ4n) is 3.19. The number of hydrogen-bond donors (Lipinski definition) is 1. The van der Waals surface area contributed by atoms with Crippen molar-refractivity contribution >= 4 is 61.6 Å². The quantitative estimate of drug-likeness (QED) is 0.392. The summed E-state index contributed by atoms with van der Waals surface area (Å²) in [5, 5.41) is 6.33. The van der Waals surface area contributed by atoms with E-state index < -0.39 is 27.3 Å². The second-order valence-corrected chi connectivity index (χ2v) is 9.94. The highest BCUT2D eigenvalue weighted by molar-refractivity contribution is 7.89. The molecule has 0 radical (unpaired) electrons. The Labute approximate surface area is 197 Å². The van der Waals surface area contributed by atoms with E-state index in [1.165, 1.54) is 4.68 Å². The molecule has 0 aliphatic heterocycles. The Balaban J connectivity index is 1.90. The molecule has 0 saturated carbocycles. The van der Waals surface area contributed by atoms with Gasteiger partial charge in [0.1, 0.15) is 11.5 Å². The Morgan fingerprint density at radius 3 is 2.31 bits per heavy atom.